The fraction of sp³-hybridized carbons (Fsp3) is 0.308. The number of aryl methyl sites for hydroxylation is 2. The van der Waals surface area contributed by atoms with Crippen molar-refractivity contribution in [3.8, 4) is 11.5 Å². The average Bonchev–Trinajstić information content (AvgIpc) is 2.76. The Kier molecular flexibility index (Phi) is 3.90. The highest BCUT2D eigenvalue weighted by atomic mass is 32.2. The molecule has 0 saturated heterocycles. The quantitative estimate of drug-likeness (QED) is 0.867. The molecule has 0 aliphatic rings. The molecule has 1 heterocycles. The molecule has 1 amide bonds. The van der Waals surface area contributed by atoms with Crippen molar-refractivity contribution in [2.24, 2.45) is 5.73 Å². The maximum absolute atomic E-state index is 11.0. The minimum atomic E-state index is -0.406. The number of aromatic nitrogens is 2. The number of carbonyl (C=O) groups excluding carboxylic acids is 1. The van der Waals surface area contributed by atoms with Crippen molar-refractivity contribution in [1.82, 2.24) is 10.2 Å². The molecule has 0 saturated carbocycles. The number of carbonyl (C=O) groups is 1. The van der Waals surface area contributed by atoms with Crippen LogP contribution in [-0.4, -0.2) is 21.4 Å². The predicted octanol–water partition coefficient (Wildman–Crippen LogP) is 2.32. The van der Waals surface area contributed by atoms with Gasteiger partial charge in [0.05, 0.1) is 5.25 Å². The van der Waals surface area contributed by atoms with E-state index in [1.165, 1.54) is 0 Å². The molecule has 2 rings (SSSR count). The van der Waals surface area contributed by atoms with Crippen LogP contribution < -0.4 is 5.73 Å². The standard InChI is InChI=1S/C13H15N3O2S/c1-7-4-8(2)6-10(5-7)12-15-16-13(18-12)19-9(3)11(14)17/h4-6,9H,1-3H3,(H2,14,17)/t9-/m1/s1. The summed E-state index contributed by atoms with van der Waals surface area (Å²) in [6, 6.07) is 6.03. The Balaban J connectivity index is 2.23. The second-order valence-corrected chi connectivity index (χ2v) is 5.70. The first-order valence-electron chi connectivity index (χ1n) is 5.84. The highest BCUT2D eigenvalue weighted by molar-refractivity contribution is 8.00. The van der Waals surface area contributed by atoms with Gasteiger partial charge in [0.1, 0.15) is 0 Å². The van der Waals surface area contributed by atoms with Gasteiger partial charge in [-0.05, 0) is 32.9 Å². The number of thioether (sulfide) groups is 1. The topological polar surface area (TPSA) is 82.0 Å². The minimum absolute atomic E-state index is 0.348. The fourth-order valence-corrected chi connectivity index (χ4v) is 2.32. The molecule has 2 aromatic rings. The molecule has 0 fully saturated rings. The molecule has 6 heteroatoms. The first-order valence-corrected chi connectivity index (χ1v) is 6.72. The molecular weight excluding hydrogens is 262 g/mol. The molecule has 1 aromatic heterocycles. The van der Waals surface area contributed by atoms with Crippen molar-refractivity contribution < 1.29 is 9.21 Å². The van der Waals surface area contributed by atoms with Crippen molar-refractivity contribution in [2.75, 3.05) is 0 Å². The van der Waals surface area contributed by atoms with Crippen LogP contribution in [0.25, 0.3) is 11.5 Å². The van der Waals surface area contributed by atoms with E-state index in [2.05, 4.69) is 16.3 Å². The number of nitrogens with zero attached hydrogens (tertiary/aromatic N) is 2. The number of rotatable bonds is 4. The zero-order valence-corrected chi connectivity index (χ0v) is 11.8. The Morgan fingerprint density at radius 3 is 2.47 bits per heavy atom. The van der Waals surface area contributed by atoms with E-state index in [9.17, 15) is 4.79 Å². The van der Waals surface area contributed by atoms with Crippen molar-refractivity contribution in [3.05, 3.63) is 29.3 Å². The van der Waals surface area contributed by atoms with Crippen molar-refractivity contribution >= 4 is 17.7 Å². The Morgan fingerprint density at radius 1 is 1.26 bits per heavy atom. The van der Waals surface area contributed by atoms with Gasteiger partial charge in [-0.2, -0.15) is 0 Å². The molecule has 0 radical (unpaired) electrons. The van der Waals surface area contributed by atoms with Crippen molar-refractivity contribution in [3.63, 3.8) is 0 Å². The maximum Gasteiger partial charge on any atom is 0.277 e. The summed E-state index contributed by atoms with van der Waals surface area (Å²) in [5.41, 5.74) is 8.33. The lowest BCUT2D eigenvalue weighted by atomic mass is 10.1. The van der Waals surface area contributed by atoms with Crippen LogP contribution in [0.15, 0.2) is 27.8 Å². The van der Waals surface area contributed by atoms with E-state index in [4.69, 9.17) is 10.2 Å². The Labute approximate surface area is 115 Å². The van der Waals surface area contributed by atoms with Crippen LogP contribution in [0.2, 0.25) is 0 Å². The maximum atomic E-state index is 11.0. The van der Waals surface area contributed by atoms with Gasteiger partial charge in [-0.1, -0.05) is 29.0 Å². The zero-order valence-electron chi connectivity index (χ0n) is 11.0. The third kappa shape index (κ3) is 3.35. The monoisotopic (exact) mass is 277 g/mol. The van der Waals surface area contributed by atoms with Gasteiger partial charge in [-0.25, -0.2) is 0 Å². The van der Waals surface area contributed by atoms with Gasteiger partial charge in [0, 0.05) is 5.56 Å². The molecular formula is C13H15N3O2S. The van der Waals surface area contributed by atoms with Crippen molar-refractivity contribution in [2.45, 2.75) is 31.2 Å². The summed E-state index contributed by atoms with van der Waals surface area (Å²) in [6.07, 6.45) is 0. The number of benzene rings is 1. The van der Waals surface area contributed by atoms with Gasteiger partial charge in [-0.15, -0.1) is 10.2 Å². The number of hydrogen-bond donors (Lipinski definition) is 1. The molecule has 1 aromatic carbocycles. The number of amides is 1. The van der Waals surface area contributed by atoms with Gasteiger partial charge in [-0.3, -0.25) is 4.79 Å². The largest absolute Gasteiger partial charge is 0.411 e. The summed E-state index contributed by atoms with van der Waals surface area (Å²) in [6.45, 7) is 5.73. The predicted molar refractivity (Wildman–Crippen MR) is 73.7 cm³/mol. The summed E-state index contributed by atoms with van der Waals surface area (Å²) in [5, 5.41) is 7.86. The van der Waals surface area contributed by atoms with E-state index >= 15 is 0 Å². The molecule has 5 nitrogen and oxygen atoms in total. The molecule has 0 spiro atoms. The van der Waals surface area contributed by atoms with Crippen LogP contribution in [0.4, 0.5) is 0 Å². The number of nitrogens with two attached hydrogens (primary N) is 1. The number of hydrogen-bond acceptors (Lipinski definition) is 5. The van der Waals surface area contributed by atoms with E-state index in [-0.39, 0.29) is 0 Å². The number of primary amides is 1. The average molecular weight is 277 g/mol. The van der Waals surface area contributed by atoms with E-state index in [0.29, 0.717) is 11.1 Å². The lowest BCUT2D eigenvalue weighted by Crippen LogP contribution is -2.22. The van der Waals surface area contributed by atoms with E-state index in [0.717, 1.165) is 28.5 Å². The second kappa shape index (κ2) is 5.44. The van der Waals surface area contributed by atoms with E-state index < -0.39 is 11.2 Å². The van der Waals surface area contributed by atoms with Crippen LogP contribution in [0, 0.1) is 13.8 Å². The molecule has 0 unspecified atom stereocenters. The second-order valence-electron chi connectivity index (χ2n) is 4.41. The lowest BCUT2D eigenvalue weighted by molar-refractivity contribution is -0.117. The van der Waals surface area contributed by atoms with Gasteiger partial charge in [0.15, 0.2) is 0 Å². The molecule has 2 N–H and O–H groups in total. The SMILES string of the molecule is Cc1cc(C)cc(-c2nnc(S[C@H](C)C(N)=O)o2)c1. The van der Waals surface area contributed by atoms with Gasteiger partial charge in [0.2, 0.25) is 11.8 Å². The molecule has 0 bridgehead atoms. The first-order chi connectivity index (χ1) is 8.95. The van der Waals surface area contributed by atoms with Gasteiger partial charge >= 0.3 is 0 Å². The first kappa shape index (κ1) is 13.6. The van der Waals surface area contributed by atoms with Crippen LogP contribution in [-0.2, 0) is 4.79 Å². The highest BCUT2D eigenvalue weighted by Crippen LogP contribution is 2.26. The van der Waals surface area contributed by atoms with Gasteiger partial charge < -0.3 is 10.2 Å². The summed E-state index contributed by atoms with van der Waals surface area (Å²) < 4.78 is 5.53. The summed E-state index contributed by atoms with van der Waals surface area (Å²) in [7, 11) is 0. The lowest BCUT2D eigenvalue weighted by Gasteiger charge is -2.02. The minimum Gasteiger partial charge on any atom is -0.411 e. The molecule has 100 valence electrons. The normalized spacial score (nSPS) is 12.4. The molecule has 0 aliphatic heterocycles. The summed E-state index contributed by atoms with van der Waals surface area (Å²) in [4.78, 5) is 11.0. The van der Waals surface area contributed by atoms with Crippen LogP contribution >= 0.6 is 11.8 Å². The van der Waals surface area contributed by atoms with E-state index in [1.807, 2.05) is 26.0 Å². The third-order valence-corrected chi connectivity index (χ3v) is 3.51. The van der Waals surface area contributed by atoms with E-state index in [1.54, 1.807) is 6.92 Å². The van der Waals surface area contributed by atoms with Crippen molar-refractivity contribution in [1.29, 1.82) is 0 Å². The zero-order chi connectivity index (χ0) is 14.0. The molecule has 0 aliphatic carbocycles. The fourth-order valence-electron chi connectivity index (χ4n) is 1.68. The summed E-state index contributed by atoms with van der Waals surface area (Å²) >= 11 is 1.16. The summed E-state index contributed by atoms with van der Waals surface area (Å²) in [5.74, 6) is 0.0436. The molecule has 1 atom stereocenters. The Morgan fingerprint density at radius 2 is 1.89 bits per heavy atom. The van der Waals surface area contributed by atoms with Gasteiger partial charge in [0.25, 0.3) is 5.22 Å². The van der Waals surface area contributed by atoms with Crippen LogP contribution in [0.1, 0.15) is 18.1 Å². The smallest absolute Gasteiger partial charge is 0.277 e. The van der Waals surface area contributed by atoms with Crippen LogP contribution in [0.3, 0.4) is 0 Å². The third-order valence-electron chi connectivity index (χ3n) is 2.55. The Hall–Kier alpha value is -1.82. The Bertz CT molecular complexity index is 589. The molecule has 19 heavy (non-hydrogen) atoms. The van der Waals surface area contributed by atoms with Crippen LogP contribution in [0.5, 0.6) is 0 Å². The highest BCUT2D eigenvalue weighted by Gasteiger charge is 2.16.